The maximum absolute atomic E-state index is 12.2. The maximum Gasteiger partial charge on any atom is 0.272 e. The summed E-state index contributed by atoms with van der Waals surface area (Å²) in [7, 11) is 0. The Bertz CT molecular complexity index is 1180. The molecule has 0 unspecified atom stereocenters. The second-order valence-corrected chi connectivity index (χ2v) is 6.62. The molecule has 134 valence electrons. The minimum Gasteiger partial charge on any atom is -0.341 e. The van der Waals surface area contributed by atoms with E-state index in [9.17, 15) is 4.79 Å². The van der Waals surface area contributed by atoms with Crippen LogP contribution in [0.2, 0.25) is 5.02 Å². The van der Waals surface area contributed by atoms with Gasteiger partial charge in [0.2, 0.25) is 0 Å². The molecule has 0 spiro atoms. The van der Waals surface area contributed by atoms with Crippen LogP contribution in [-0.2, 0) is 6.54 Å². The molecule has 0 saturated carbocycles. The molecule has 0 aliphatic rings. The molecule has 0 aliphatic heterocycles. The Morgan fingerprint density at radius 2 is 1.78 bits per heavy atom. The monoisotopic (exact) mass is 375 g/mol. The van der Waals surface area contributed by atoms with Crippen LogP contribution in [0, 0.1) is 0 Å². The average molecular weight is 376 g/mol. The third-order valence-electron chi connectivity index (χ3n) is 4.61. The lowest BCUT2D eigenvalue weighted by atomic mass is 10.1. The van der Waals surface area contributed by atoms with Gasteiger partial charge in [0.1, 0.15) is 0 Å². The van der Waals surface area contributed by atoms with E-state index in [1.807, 2.05) is 12.1 Å². The summed E-state index contributed by atoms with van der Waals surface area (Å²) in [5, 5.41) is 6.87. The van der Waals surface area contributed by atoms with Gasteiger partial charge in [-0.3, -0.25) is 4.79 Å². The number of rotatable bonds is 4. The van der Waals surface area contributed by atoms with Crippen molar-refractivity contribution < 1.29 is 4.79 Å². The van der Waals surface area contributed by atoms with Gasteiger partial charge < -0.3 is 4.57 Å². The standard InChI is InChI=1S/C22H18ClN3O/c1-2-26-20-10-6-4-7-16(20)18-13-15(11-12-21(18)26)14-24-25-22(27)17-8-3-5-9-19(17)23/h3-14H,2H2,1H3,(H,25,27). The van der Waals surface area contributed by atoms with E-state index >= 15 is 0 Å². The minimum atomic E-state index is -0.333. The number of amides is 1. The fourth-order valence-corrected chi connectivity index (χ4v) is 3.58. The molecule has 0 fully saturated rings. The molecule has 1 amide bonds. The zero-order valence-corrected chi connectivity index (χ0v) is 15.6. The van der Waals surface area contributed by atoms with Crippen molar-refractivity contribution >= 4 is 45.5 Å². The molecule has 4 aromatic rings. The summed E-state index contributed by atoms with van der Waals surface area (Å²) < 4.78 is 2.30. The lowest BCUT2D eigenvalue weighted by Crippen LogP contribution is -2.17. The number of hydrazone groups is 1. The summed E-state index contributed by atoms with van der Waals surface area (Å²) in [6.07, 6.45) is 1.65. The Hall–Kier alpha value is -3.11. The molecule has 0 radical (unpaired) electrons. The molecule has 0 aliphatic carbocycles. The van der Waals surface area contributed by atoms with Crippen LogP contribution in [0.3, 0.4) is 0 Å². The summed E-state index contributed by atoms with van der Waals surface area (Å²) in [5.41, 5.74) is 6.26. The first-order valence-corrected chi connectivity index (χ1v) is 9.15. The zero-order chi connectivity index (χ0) is 18.8. The number of hydrogen-bond acceptors (Lipinski definition) is 2. The van der Waals surface area contributed by atoms with Crippen LogP contribution in [0.1, 0.15) is 22.8 Å². The maximum atomic E-state index is 12.2. The van der Waals surface area contributed by atoms with Gasteiger partial charge in [-0.2, -0.15) is 5.10 Å². The van der Waals surface area contributed by atoms with Crippen LogP contribution < -0.4 is 5.43 Å². The second-order valence-electron chi connectivity index (χ2n) is 6.22. The molecule has 0 saturated heterocycles. The van der Waals surface area contributed by atoms with Crippen molar-refractivity contribution in [3.63, 3.8) is 0 Å². The van der Waals surface area contributed by atoms with Crippen molar-refractivity contribution in [1.29, 1.82) is 0 Å². The van der Waals surface area contributed by atoms with Gasteiger partial charge in [-0.1, -0.05) is 48.0 Å². The van der Waals surface area contributed by atoms with Gasteiger partial charge in [0.25, 0.3) is 5.91 Å². The van der Waals surface area contributed by atoms with Gasteiger partial charge in [-0.05, 0) is 42.8 Å². The molecule has 27 heavy (non-hydrogen) atoms. The summed E-state index contributed by atoms with van der Waals surface area (Å²) in [6.45, 7) is 3.05. The molecule has 5 heteroatoms. The molecular formula is C22H18ClN3O. The van der Waals surface area contributed by atoms with Crippen molar-refractivity contribution in [2.75, 3.05) is 0 Å². The zero-order valence-electron chi connectivity index (χ0n) is 14.8. The first-order chi connectivity index (χ1) is 13.2. The number of nitrogens with zero attached hydrogens (tertiary/aromatic N) is 2. The Kier molecular flexibility index (Phi) is 4.65. The number of carbonyl (C=O) groups excluding carboxylic acids is 1. The highest BCUT2D eigenvalue weighted by molar-refractivity contribution is 6.33. The van der Waals surface area contributed by atoms with Crippen LogP contribution in [0.25, 0.3) is 21.8 Å². The van der Waals surface area contributed by atoms with E-state index in [0.717, 1.165) is 12.1 Å². The van der Waals surface area contributed by atoms with Gasteiger partial charge in [0.05, 0.1) is 16.8 Å². The first kappa shape index (κ1) is 17.3. The van der Waals surface area contributed by atoms with E-state index in [-0.39, 0.29) is 5.91 Å². The highest BCUT2D eigenvalue weighted by Crippen LogP contribution is 2.29. The van der Waals surface area contributed by atoms with E-state index in [0.29, 0.717) is 10.6 Å². The van der Waals surface area contributed by atoms with E-state index in [1.165, 1.54) is 21.8 Å². The highest BCUT2D eigenvalue weighted by atomic mass is 35.5. The summed E-state index contributed by atoms with van der Waals surface area (Å²) in [5.74, 6) is -0.333. The van der Waals surface area contributed by atoms with Gasteiger partial charge >= 0.3 is 0 Å². The van der Waals surface area contributed by atoms with Gasteiger partial charge in [0.15, 0.2) is 0 Å². The number of benzene rings is 3. The fourth-order valence-electron chi connectivity index (χ4n) is 3.36. The molecule has 1 heterocycles. The quantitative estimate of drug-likeness (QED) is 0.385. The van der Waals surface area contributed by atoms with Gasteiger partial charge in [0, 0.05) is 28.4 Å². The van der Waals surface area contributed by atoms with Crippen molar-refractivity contribution in [1.82, 2.24) is 9.99 Å². The minimum absolute atomic E-state index is 0.333. The number of hydrogen-bond donors (Lipinski definition) is 1. The SMILES string of the molecule is CCn1c2ccccc2c2cc(C=NNC(=O)c3ccccc3Cl)ccc21. The number of para-hydroxylation sites is 1. The molecule has 4 nitrogen and oxygen atoms in total. The molecule has 4 rings (SSSR count). The highest BCUT2D eigenvalue weighted by Gasteiger charge is 2.10. The van der Waals surface area contributed by atoms with Gasteiger partial charge in [-0.15, -0.1) is 0 Å². The number of fused-ring (bicyclic) bond motifs is 3. The van der Waals surface area contributed by atoms with E-state index in [2.05, 4.69) is 52.3 Å². The van der Waals surface area contributed by atoms with Crippen molar-refractivity contribution in [3.05, 3.63) is 82.9 Å². The third kappa shape index (κ3) is 3.20. The fraction of sp³-hybridized carbons (Fsp3) is 0.0909. The Morgan fingerprint density at radius 1 is 1.04 bits per heavy atom. The number of carbonyl (C=O) groups is 1. The normalized spacial score (nSPS) is 11.5. The van der Waals surface area contributed by atoms with Crippen molar-refractivity contribution in [2.45, 2.75) is 13.5 Å². The van der Waals surface area contributed by atoms with Crippen LogP contribution >= 0.6 is 11.6 Å². The van der Waals surface area contributed by atoms with Crippen LogP contribution in [-0.4, -0.2) is 16.7 Å². The predicted octanol–water partition coefficient (Wildman–Crippen LogP) is 5.23. The summed E-state index contributed by atoms with van der Waals surface area (Å²) >= 11 is 6.04. The lowest BCUT2D eigenvalue weighted by molar-refractivity contribution is 0.0955. The number of aryl methyl sites for hydroxylation is 1. The molecule has 1 aromatic heterocycles. The number of halogens is 1. The molecule has 1 N–H and O–H groups in total. The van der Waals surface area contributed by atoms with E-state index in [1.54, 1.807) is 30.5 Å². The molecular weight excluding hydrogens is 358 g/mol. The summed E-state index contributed by atoms with van der Waals surface area (Å²) in [4.78, 5) is 12.2. The van der Waals surface area contributed by atoms with E-state index < -0.39 is 0 Å². The summed E-state index contributed by atoms with van der Waals surface area (Å²) in [6, 6.07) is 21.4. The Morgan fingerprint density at radius 3 is 2.59 bits per heavy atom. The van der Waals surface area contributed by atoms with Crippen LogP contribution in [0.4, 0.5) is 0 Å². The molecule has 0 atom stereocenters. The van der Waals surface area contributed by atoms with Gasteiger partial charge in [-0.25, -0.2) is 5.43 Å². The van der Waals surface area contributed by atoms with Crippen LogP contribution in [0.15, 0.2) is 71.8 Å². The molecule has 3 aromatic carbocycles. The van der Waals surface area contributed by atoms with Crippen molar-refractivity contribution in [3.8, 4) is 0 Å². The molecule has 0 bridgehead atoms. The first-order valence-electron chi connectivity index (χ1n) is 8.78. The smallest absolute Gasteiger partial charge is 0.272 e. The average Bonchev–Trinajstić information content (AvgIpc) is 3.01. The lowest BCUT2D eigenvalue weighted by Gasteiger charge is -2.03. The Labute approximate surface area is 162 Å². The third-order valence-corrected chi connectivity index (χ3v) is 4.94. The number of aromatic nitrogens is 1. The van der Waals surface area contributed by atoms with Crippen LogP contribution in [0.5, 0.6) is 0 Å². The second kappa shape index (κ2) is 7.25. The van der Waals surface area contributed by atoms with Crippen molar-refractivity contribution in [2.24, 2.45) is 5.10 Å². The Balaban J connectivity index is 1.63. The number of nitrogens with one attached hydrogen (secondary N) is 1. The largest absolute Gasteiger partial charge is 0.341 e. The van der Waals surface area contributed by atoms with E-state index in [4.69, 9.17) is 11.6 Å². The predicted molar refractivity (Wildman–Crippen MR) is 112 cm³/mol. The topological polar surface area (TPSA) is 46.4 Å².